The molecule has 0 aromatic heterocycles. The molecule has 1 saturated carbocycles. The van der Waals surface area contributed by atoms with Gasteiger partial charge in [0.1, 0.15) is 0 Å². The standard InChI is InChI=1S/C15H22N2O/c1-3-12-7-4-6-11(2)14(12)17-13(18)10-15(16)8-5-9-15/h4,6-7H,3,5,8-10,16H2,1-2H3,(H,17,18). The van der Waals surface area contributed by atoms with Gasteiger partial charge in [0.25, 0.3) is 0 Å². The Morgan fingerprint density at radius 2 is 2.17 bits per heavy atom. The molecule has 1 aromatic rings. The van der Waals surface area contributed by atoms with Crippen LogP contribution in [-0.2, 0) is 11.2 Å². The van der Waals surface area contributed by atoms with Crippen LogP contribution in [-0.4, -0.2) is 11.4 Å². The molecule has 0 aliphatic heterocycles. The molecule has 0 heterocycles. The largest absolute Gasteiger partial charge is 0.326 e. The minimum atomic E-state index is -0.251. The van der Waals surface area contributed by atoms with E-state index in [9.17, 15) is 4.79 Å². The highest BCUT2D eigenvalue weighted by Gasteiger charge is 2.34. The van der Waals surface area contributed by atoms with Crippen LogP contribution >= 0.6 is 0 Å². The lowest BCUT2D eigenvalue weighted by atomic mass is 9.75. The van der Waals surface area contributed by atoms with Crippen molar-refractivity contribution in [2.24, 2.45) is 5.73 Å². The van der Waals surface area contributed by atoms with Gasteiger partial charge in [-0.25, -0.2) is 0 Å². The fraction of sp³-hybridized carbons (Fsp3) is 0.533. The van der Waals surface area contributed by atoms with Gasteiger partial charge in [0.15, 0.2) is 0 Å². The van der Waals surface area contributed by atoms with Crippen molar-refractivity contribution in [3.63, 3.8) is 0 Å². The molecule has 2 rings (SSSR count). The number of amides is 1. The van der Waals surface area contributed by atoms with E-state index in [0.717, 1.165) is 36.9 Å². The topological polar surface area (TPSA) is 55.1 Å². The van der Waals surface area contributed by atoms with Crippen molar-refractivity contribution < 1.29 is 4.79 Å². The summed E-state index contributed by atoms with van der Waals surface area (Å²) in [6.07, 6.45) is 4.44. The highest BCUT2D eigenvalue weighted by molar-refractivity contribution is 5.93. The average molecular weight is 246 g/mol. The molecule has 1 amide bonds. The van der Waals surface area contributed by atoms with Crippen molar-refractivity contribution in [3.05, 3.63) is 29.3 Å². The quantitative estimate of drug-likeness (QED) is 0.858. The lowest BCUT2D eigenvalue weighted by Crippen LogP contribution is -2.49. The molecule has 1 aromatic carbocycles. The van der Waals surface area contributed by atoms with Crippen LogP contribution in [0.15, 0.2) is 18.2 Å². The Morgan fingerprint density at radius 3 is 2.72 bits per heavy atom. The van der Waals surface area contributed by atoms with E-state index in [1.54, 1.807) is 0 Å². The second kappa shape index (κ2) is 5.11. The third kappa shape index (κ3) is 2.72. The van der Waals surface area contributed by atoms with Crippen LogP contribution in [0.3, 0.4) is 0 Å². The lowest BCUT2D eigenvalue weighted by Gasteiger charge is -2.37. The van der Waals surface area contributed by atoms with Gasteiger partial charge in [0, 0.05) is 17.6 Å². The number of hydrogen-bond donors (Lipinski definition) is 2. The SMILES string of the molecule is CCc1cccc(C)c1NC(=O)CC1(N)CCC1. The fourth-order valence-electron chi connectivity index (χ4n) is 2.51. The van der Waals surface area contributed by atoms with Gasteiger partial charge in [-0.2, -0.15) is 0 Å². The van der Waals surface area contributed by atoms with E-state index in [0.29, 0.717) is 6.42 Å². The molecular weight excluding hydrogens is 224 g/mol. The van der Waals surface area contributed by atoms with E-state index in [2.05, 4.69) is 18.3 Å². The number of anilines is 1. The molecular formula is C15H22N2O. The van der Waals surface area contributed by atoms with E-state index in [4.69, 9.17) is 5.73 Å². The first-order valence-corrected chi connectivity index (χ1v) is 6.71. The summed E-state index contributed by atoms with van der Waals surface area (Å²) in [6.45, 7) is 4.12. The van der Waals surface area contributed by atoms with Crippen molar-refractivity contribution >= 4 is 11.6 Å². The van der Waals surface area contributed by atoms with E-state index in [1.807, 2.05) is 19.1 Å². The first-order valence-electron chi connectivity index (χ1n) is 6.71. The van der Waals surface area contributed by atoms with Gasteiger partial charge < -0.3 is 11.1 Å². The number of hydrogen-bond acceptors (Lipinski definition) is 2. The molecule has 3 N–H and O–H groups in total. The van der Waals surface area contributed by atoms with Crippen molar-refractivity contribution in [2.45, 2.75) is 51.5 Å². The first kappa shape index (κ1) is 13.1. The average Bonchev–Trinajstić information content (AvgIpc) is 2.29. The Balaban J connectivity index is 2.06. The van der Waals surface area contributed by atoms with Crippen molar-refractivity contribution in [1.82, 2.24) is 0 Å². The molecule has 3 nitrogen and oxygen atoms in total. The second-order valence-electron chi connectivity index (χ2n) is 5.40. The summed E-state index contributed by atoms with van der Waals surface area (Å²) in [5, 5.41) is 3.04. The van der Waals surface area contributed by atoms with Gasteiger partial charge in [-0.15, -0.1) is 0 Å². The Hall–Kier alpha value is -1.35. The zero-order chi connectivity index (χ0) is 13.2. The molecule has 0 saturated heterocycles. The molecule has 18 heavy (non-hydrogen) atoms. The van der Waals surface area contributed by atoms with Gasteiger partial charge in [-0.1, -0.05) is 25.1 Å². The van der Waals surface area contributed by atoms with Gasteiger partial charge in [0.05, 0.1) is 0 Å². The Bertz CT molecular complexity index is 450. The number of rotatable bonds is 4. The van der Waals surface area contributed by atoms with Gasteiger partial charge in [-0.3, -0.25) is 4.79 Å². The number of para-hydroxylation sites is 1. The van der Waals surface area contributed by atoms with Crippen LogP contribution in [0.1, 0.15) is 43.7 Å². The van der Waals surface area contributed by atoms with Crippen molar-refractivity contribution in [1.29, 1.82) is 0 Å². The molecule has 1 aliphatic carbocycles. The second-order valence-corrected chi connectivity index (χ2v) is 5.40. The molecule has 0 atom stereocenters. The summed E-state index contributed by atoms with van der Waals surface area (Å²) in [5.74, 6) is 0.0428. The monoisotopic (exact) mass is 246 g/mol. The summed E-state index contributed by atoms with van der Waals surface area (Å²) < 4.78 is 0. The predicted molar refractivity (Wildman–Crippen MR) is 74.6 cm³/mol. The molecule has 1 aliphatic rings. The van der Waals surface area contributed by atoms with E-state index in [1.165, 1.54) is 5.56 Å². The lowest BCUT2D eigenvalue weighted by molar-refractivity contribution is -0.118. The van der Waals surface area contributed by atoms with Gasteiger partial charge in [-0.05, 0) is 43.7 Å². The number of benzene rings is 1. The number of nitrogens with one attached hydrogen (secondary N) is 1. The zero-order valence-electron chi connectivity index (χ0n) is 11.3. The minimum Gasteiger partial charge on any atom is -0.326 e. The van der Waals surface area contributed by atoms with E-state index >= 15 is 0 Å². The van der Waals surface area contributed by atoms with Crippen LogP contribution in [0.4, 0.5) is 5.69 Å². The number of aryl methyl sites for hydroxylation is 2. The van der Waals surface area contributed by atoms with Crippen LogP contribution in [0.25, 0.3) is 0 Å². The van der Waals surface area contributed by atoms with Crippen LogP contribution in [0.5, 0.6) is 0 Å². The van der Waals surface area contributed by atoms with Crippen LogP contribution in [0.2, 0.25) is 0 Å². The summed E-state index contributed by atoms with van der Waals surface area (Å²) in [4.78, 5) is 12.1. The molecule has 0 radical (unpaired) electrons. The summed E-state index contributed by atoms with van der Waals surface area (Å²) in [6, 6.07) is 6.11. The van der Waals surface area contributed by atoms with Crippen molar-refractivity contribution in [2.75, 3.05) is 5.32 Å². The maximum absolute atomic E-state index is 12.1. The Labute approximate surface area is 109 Å². The Morgan fingerprint density at radius 1 is 1.44 bits per heavy atom. The van der Waals surface area contributed by atoms with Crippen LogP contribution < -0.4 is 11.1 Å². The zero-order valence-corrected chi connectivity index (χ0v) is 11.3. The maximum Gasteiger partial charge on any atom is 0.226 e. The van der Waals surface area contributed by atoms with Crippen molar-refractivity contribution in [3.8, 4) is 0 Å². The molecule has 0 bridgehead atoms. The number of nitrogens with two attached hydrogens (primary N) is 1. The van der Waals surface area contributed by atoms with Gasteiger partial charge >= 0.3 is 0 Å². The first-order chi connectivity index (χ1) is 8.54. The van der Waals surface area contributed by atoms with Crippen LogP contribution in [0, 0.1) is 6.92 Å². The fourth-order valence-corrected chi connectivity index (χ4v) is 2.51. The van der Waals surface area contributed by atoms with E-state index < -0.39 is 0 Å². The highest BCUT2D eigenvalue weighted by atomic mass is 16.1. The summed E-state index contributed by atoms with van der Waals surface area (Å²) >= 11 is 0. The summed E-state index contributed by atoms with van der Waals surface area (Å²) in [7, 11) is 0. The number of carbonyl (C=O) groups is 1. The Kier molecular flexibility index (Phi) is 3.71. The molecule has 3 heteroatoms. The molecule has 0 unspecified atom stereocenters. The minimum absolute atomic E-state index is 0.0428. The summed E-state index contributed by atoms with van der Waals surface area (Å²) in [5.41, 5.74) is 9.12. The molecule has 1 fully saturated rings. The normalized spacial score (nSPS) is 17.1. The highest BCUT2D eigenvalue weighted by Crippen LogP contribution is 2.32. The van der Waals surface area contributed by atoms with Gasteiger partial charge in [0.2, 0.25) is 5.91 Å². The third-order valence-corrected chi connectivity index (χ3v) is 3.87. The predicted octanol–water partition coefficient (Wildman–Crippen LogP) is 2.77. The smallest absolute Gasteiger partial charge is 0.226 e. The third-order valence-electron chi connectivity index (χ3n) is 3.87. The molecule has 0 spiro atoms. The van der Waals surface area contributed by atoms with E-state index in [-0.39, 0.29) is 11.4 Å². The molecule has 98 valence electrons. The number of carbonyl (C=O) groups excluding carboxylic acids is 1. The maximum atomic E-state index is 12.1.